The maximum Gasteiger partial charge on any atom is 0.411 e. The number of alkyl halides is 3. The summed E-state index contributed by atoms with van der Waals surface area (Å²) in [6.45, 7) is 3.36. The SMILES string of the molecule is CC(C)Oc1cccc(NC2(C(F)(F)F)CC2)c1[N+](=O)[O-]. The van der Waals surface area contributed by atoms with E-state index in [-0.39, 0.29) is 30.4 Å². The minimum absolute atomic E-state index is 0.0435. The predicted molar refractivity (Wildman–Crippen MR) is 70.5 cm³/mol. The Morgan fingerprint density at radius 3 is 2.43 bits per heavy atom. The van der Waals surface area contributed by atoms with Gasteiger partial charge in [-0.1, -0.05) is 6.07 Å². The standard InChI is InChI=1S/C13H15F3N2O3/c1-8(2)21-10-5-3-4-9(11(10)18(19)20)17-12(6-7-12)13(14,15)16/h3-5,8,17H,6-7H2,1-2H3. The molecule has 1 aromatic carbocycles. The van der Waals surface area contributed by atoms with Gasteiger partial charge < -0.3 is 10.1 Å². The van der Waals surface area contributed by atoms with Gasteiger partial charge in [-0.05, 0) is 38.8 Å². The normalized spacial score (nSPS) is 16.7. The molecule has 8 heteroatoms. The van der Waals surface area contributed by atoms with E-state index >= 15 is 0 Å². The lowest BCUT2D eigenvalue weighted by molar-refractivity contribution is -0.385. The largest absolute Gasteiger partial charge is 0.484 e. The molecule has 1 aliphatic carbocycles. The molecular formula is C13H15F3N2O3. The van der Waals surface area contributed by atoms with Crippen LogP contribution in [0.4, 0.5) is 24.5 Å². The van der Waals surface area contributed by atoms with Crippen LogP contribution in [0.25, 0.3) is 0 Å². The summed E-state index contributed by atoms with van der Waals surface area (Å²) in [6, 6.07) is 4.06. The Hall–Kier alpha value is -1.99. The molecule has 0 spiro atoms. The Morgan fingerprint density at radius 2 is 2.00 bits per heavy atom. The number of anilines is 1. The highest BCUT2D eigenvalue weighted by Gasteiger charge is 2.64. The van der Waals surface area contributed by atoms with Crippen LogP contribution >= 0.6 is 0 Å². The second kappa shape index (κ2) is 5.09. The first-order chi connectivity index (χ1) is 9.66. The molecule has 21 heavy (non-hydrogen) atoms. The summed E-state index contributed by atoms with van der Waals surface area (Å²) in [7, 11) is 0. The van der Waals surface area contributed by atoms with Gasteiger partial charge in [-0.2, -0.15) is 13.2 Å². The van der Waals surface area contributed by atoms with Crippen molar-refractivity contribution in [1.82, 2.24) is 0 Å². The fourth-order valence-corrected chi connectivity index (χ4v) is 2.02. The summed E-state index contributed by atoms with van der Waals surface area (Å²) in [5.74, 6) is -0.0435. The van der Waals surface area contributed by atoms with Gasteiger partial charge in [0.2, 0.25) is 0 Å². The van der Waals surface area contributed by atoms with Crippen molar-refractivity contribution < 1.29 is 22.8 Å². The van der Waals surface area contributed by atoms with Gasteiger partial charge in [-0.25, -0.2) is 0 Å². The summed E-state index contributed by atoms with van der Waals surface area (Å²) >= 11 is 0. The molecule has 0 unspecified atom stereocenters. The average Bonchev–Trinajstić information content (AvgIpc) is 3.08. The van der Waals surface area contributed by atoms with Crippen molar-refractivity contribution in [1.29, 1.82) is 0 Å². The van der Waals surface area contributed by atoms with Gasteiger partial charge in [0.1, 0.15) is 11.2 Å². The summed E-state index contributed by atoms with van der Waals surface area (Å²) in [5, 5.41) is 13.5. The molecule has 0 saturated heterocycles. The zero-order valence-electron chi connectivity index (χ0n) is 11.5. The molecular weight excluding hydrogens is 289 g/mol. The van der Waals surface area contributed by atoms with Crippen LogP contribution in [0.3, 0.4) is 0 Å². The van der Waals surface area contributed by atoms with E-state index < -0.39 is 22.3 Å². The summed E-state index contributed by atoms with van der Waals surface area (Å²) < 4.78 is 44.2. The van der Waals surface area contributed by atoms with Gasteiger partial charge >= 0.3 is 11.9 Å². The molecule has 0 radical (unpaired) electrons. The molecule has 116 valence electrons. The van der Waals surface area contributed by atoms with Crippen LogP contribution in [-0.4, -0.2) is 22.7 Å². The summed E-state index contributed by atoms with van der Waals surface area (Å²) in [5.41, 5.74) is -2.71. The van der Waals surface area contributed by atoms with E-state index in [1.54, 1.807) is 13.8 Å². The molecule has 2 rings (SSSR count). The number of nitro groups is 1. The maximum absolute atomic E-state index is 13.0. The van der Waals surface area contributed by atoms with Crippen molar-refractivity contribution in [3.8, 4) is 5.75 Å². The van der Waals surface area contributed by atoms with Crippen molar-refractivity contribution in [3.05, 3.63) is 28.3 Å². The van der Waals surface area contributed by atoms with Crippen molar-refractivity contribution in [3.63, 3.8) is 0 Å². The minimum Gasteiger partial charge on any atom is -0.484 e. The lowest BCUT2D eigenvalue weighted by Crippen LogP contribution is -2.38. The van der Waals surface area contributed by atoms with Crippen LogP contribution < -0.4 is 10.1 Å². The Kier molecular flexibility index (Phi) is 3.73. The van der Waals surface area contributed by atoms with Gasteiger partial charge in [-0.3, -0.25) is 10.1 Å². The molecule has 1 aromatic rings. The number of nitro benzene ring substituents is 1. The number of para-hydroxylation sites is 1. The fraction of sp³-hybridized carbons (Fsp3) is 0.538. The number of halogens is 3. The lowest BCUT2D eigenvalue weighted by atomic mass is 10.2. The van der Waals surface area contributed by atoms with E-state index in [1.807, 2.05) is 0 Å². The second-order valence-corrected chi connectivity index (χ2v) is 5.28. The Bertz CT molecular complexity index is 554. The Balaban J connectivity index is 2.38. The zero-order valence-corrected chi connectivity index (χ0v) is 11.5. The number of hydrogen-bond donors (Lipinski definition) is 1. The molecule has 5 nitrogen and oxygen atoms in total. The van der Waals surface area contributed by atoms with E-state index in [0.717, 1.165) is 0 Å². The molecule has 0 amide bonds. The van der Waals surface area contributed by atoms with Crippen LogP contribution in [0.1, 0.15) is 26.7 Å². The van der Waals surface area contributed by atoms with E-state index in [4.69, 9.17) is 4.74 Å². The number of ether oxygens (including phenoxy) is 1. The zero-order chi connectivity index (χ0) is 15.8. The molecule has 0 atom stereocenters. The molecule has 1 N–H and O–H groups in total. The molecule has 1 fully saturated rings. The van der Waals surface area contributed by atoms with Crippen molar-refractivity contribution >= 4 is 11.4 Å². The highest BCUT2D eigenvalue weighted by molar-refractivity contribution is 5.70. The Morgan fingerprint density at radius 1 is 1.38 bits per heavy atom. The van der Waals surface area contributed by atoms with Crippen LogP contribution in [-0.2, 0) is 0 Å². The molecule has 0 aromatic heterocycles. The molecule has 0 heterocycles. The van der Waals surface area contributed by atoms with E-state index in [9.17, 15) is 23.3 Å². The molecule has 0 bridgehead atoms. The van der Waals surface area contributed by atoms with Crippen molar-refractivity contribution in [2.45, 2.75) is 44.5 Å². The first kappa shape index (κ1) is 15.4. The third-order valence-corrected chi connectivity index (χ3v) is 3.21. The Labute approximate surface area is 119 Å². The minimum atomic E-state index is -4.45. The fourth-order valence-electron chi connectivity index (χ4n) is 2.02. The second-order valence-electron chi connectivity index (χ2n) is 5.28. The van der Waals surface area contributed by atoms with Crippen LogP contribution in [0.15, 0.2) is 18.2 Å². The highest BCUT2D eigenvalue weighted by Crippen LogP contribution is 2.52. The first-order valence-corrected chi connectivity index (χ1v) is 6.45. The first-order valence-electron chi connectivity index (χ1n) is 6.45. The lowest BCUT2D eigenvalue weighted by Gasteiger charge is -2.22. The van der Waals surface area contributed by atoms with E-state index in [1.165, 1.54) is 18.2 Å². The number of nitrogens with one attached hydrogen (secondary N) is 1. The molecule has 0 aliphatic heterocycles. The topological polar surface area (TPSA) is 64.4 Å². The quantitative estimate of drug-likeness (QED) is 0.662. The highest BCUT2D eigenvalue weighted by atomic mass is 19.4. The van der Waals surface area contributed by atoms with E-state index in [0.29, 0.717) is 0 Å². The monoisotopic (exact) mass is 304 g/mol. The smallest absolute Gasteiger partial charge is 0.411 e. The number of hydrogen-bond acceptors (Lipinski definition) is 4. The van der Waals surface area contributed by atoms with Gasteiger partial charge in [0, 0.05) is 0 Å². The van der Waals surface area contributed by atoms with Crippen LogP contribution in [0.5, 0.6) is 5.75 Å². The maximum atomic E-state index is 13.0. The third-order valence-electron chi connectivity index (χ3n) is 3.21. The van der Waals surface area contributed by atoms with Gasteiger partial charge in [-0.15, -0.1) is 0 Å². The molecule has 1 aliphatic rings. The van der Waals surface area contributed by atoms with Crippen LogP contribution in [0, 0.1) is 10.1 Å². The third kappa shape index (κ3) is 3.03. The summed E-state index contributed by atoms with van der Waals surface area (Å²) in [6.07, 6.45) is -4.96. The summed E-state index contributed by atoms with van der Waals surface area (Å²) in [4.78, 5) is 10.5. The van der Waals surface area contributed by atoms with Gasteiger partial charge in [0.15, 0.2) is 5.75 Å². The number of nitrogens with zero attached hydrogens (tertiary/aromatic N) is 1. The van der Waals surface area contributed by atoms with Gasteiger partial charge in [0.25, 0.3) is 0 Å². The van der Waals surface area contributed by atoms with Crippen molar-refractivity contribution in [2.24, 2.45) is 0 Å². The average molecular weight is 304 g/mol. The van der Waals surface area contributed by atoms with Gasteiger partial charge in [0.05, 0.1) is 11.0 Å². The van der Waals surface area contributed by atoms with Crippen molar-refractivity contribution in [2.75, 3.05) is 5.32 Å². The van der Waals surface area contributed by atoms with Crippen LogP contribution in [0.2, 0.25) is 0 Å². The predicted octanol–water partition coefficient (Wildman–Crippen LogP) is 3.89. The van der Waals surface area contributed by atoms with E-state index in [2.05, 4.69) is 5.32 Å². The molecule has 1 saturated carbocycles. The number of benzene rings is 1. The number of rotatable bonds is 5.